The molecule has 0 radical (unpaired) electrons. The summed E-state index contributed by atoms with van der Waals surface area (Å²) in [5.74, 6) is 0.344. The number of aromatic nitrogens is 1. The van der Waals surface area contributed by atoms with Gasteiger partial charge in [0, 0.05) is 30.2 Å². The molecule has 37 heavy (non-hydrogen) atoms. The van der Waals surface area contributed by atoms with Crippen molar-refractivity contribution in [2.24, 2.45) is 5.73 Å². The number of nitrogens with two attached hydrogens (primary N) is 2. The van der Waals surface area contributed by atoms with Crippen LogP contribution in [0.1, 0.15) is 41.4 Å². The molecule has 2 aromatic carbocycles. The third kappa shape index (κ3) is 5.38. The number of carbonyl (C=O) groups is 2. The highest BCUT2D eigenvalue weighted by molar-refractivity contribution is 7.21. The number of benzene rings is 2. The minimum Gasteiger partial charge on any atom is -0.397 e. The number of primary amides is 1. The third-order valence-corrected chi connectivity index (χ3v) is 8.03. The van der Waals surface area contributed by atoms with E-state index < -0.39 is 5.91 Å². The number of thiophene rings is 1. The molecule has 0 atom stereocenters. The lowest BCUT2D eigenvalue weighted by Gasteiger charge is -2.33. The summed E-state index contributed by atoms with van der Waals surface area (Å²) in [6.45, 7) is 4.05. The van der Waals surface area contributed by atoms with Gasteiger partial charge in [0.15, 0.2) is 0 Å². The van der Waals surface area contributed by atoms with Gasteiger partial charge in [-0.25, -0.2) is 4.98 Å². The molecule has 1 aliphatic heterocycles. The molecule has 5 rings (SSSR count). The minimum atomic E-state index is -0.513. The number of pyridine rings is 1. The number of aryl methyl sites for hydroxylation is 1. The first-order chi connectivity index (χ1) is 17.9. The maximum absolute atomic E-state index is 12.5. The lowest BCUT2D eigenvalue weighted by molar-refractivity contribution is -0.115. The maximum Gasteiger partial charge on any atom is 0.260 e. The van der Waals surface area contributed by atoms with Gasteiger partial charge in [-0.3, -0.25) is 9.59 Å². The van der Waals surface area contributed by atoms with Crippen LogP contribution >= 0.6 is 11.3 Å². The quantitative estimate of drug-likeness (QED) is 0.277. The van der Waals surface area contributed by atoms with Crippen LogP contribution in [-0.4, -0.2) is 42.5 Å². The van der Waals surface area contributed by atoms with Crippen LogP contribution in [0.3, 0.4) is 0 Å². The summed E-state index contributed by atoms with van der Waals surface area (Å²) >= 11 is 1.27. The molecule has 1 aliphatic rings. The zero-order valence-electron chi connectivity index (χ0n) is 20.9. The van der Waals surface area contributed by atoms with Gasteiger partial charge in [-0.2, -0.15) is 0 Å². The highest BCUT2D eigenvalue weighted by Gasteiger charge is 2.24. The van der Waals surface area contributed by atoms with Gasteiger partial charge in [0.1, 0.15) is 15.5 Å². The lowest BCUT2D eigenvalue weighted by Crippen LogP contribution is -2.45. The Kier molecular flexibility index (Phi) is 7.25. The normalized spacial score (nSPS) is 14.4. The Morgan fingerprint density at radius 1 is 1.11 bits per heavy atom. The maximum atomic E-state index is 12.5. The number of hydrogen-bond donors (Lipinski definition) is 4. The Hall–Kier alpha value is -3.69. The van der Waals surface area contributed by atoms with E-state index in [0.717, 1.165) is 76.8 Å². The van der Waals surface area contributed by atoms with Gasteiger partial charge < -0.3 is 27.0 Å². The lowest BCUT2D eigenvalue weighted by atomic mass is 10.0. The molecule has 6 N–H and O–H groups in total. The van der Waals surface area contributed by atoms with Crippen LogP contribution in [-0.2, 0) is 11.2 Å². The number of nitrogens with one attached hydrogen (secondary N) is 2. The molecule has 0 aliphatic carbocycles. The van der Waals surface area contributed by atoms with Crippen molar-refractivity contribution in [1.82, 2.24) is 10.3 Å². The van der Waals surface area contributed by atoms with Crippen molar-refractivity contribution in [2.45, 2.75) is 38.6 Å². The average Bonchev–Trinajstić information content (AvgIpc) is 3.24. The van der Waals surface area contributed by atoms with E-state index in [1.807, 2.05) is 36.4 Å². The van der Waals surface area contributed by atoms with Gasteiger partial charge >= 0.3 is 0 Å². The van der Waals surface area contributed by atoms with E-state index in [-0.39, 0.29) is 18.5 Å². The molecule has 2 amide bonds. The molecule has 2 aromatic heterocycles. The number of nitrogen functional groups attached to an aromatic ring is 1. The van der Waals surface area contributed by atoms with Crippen molar-refractivity contribution in [1.29, 1.82) is 0 Å². The van der Waals surface area contributed by atoms with Gasteiger partial charge in [-0.05, 0) is 53.8 Å². The van der Waals surface area contributed by atoms with Gasteiger partial charge in [-0.1, -0.05) is 43.7 Å². The summed E-state index contributed by atoms with van der Waals surface area (Å²) in [4.78, 5) is 32.6. The second-order valence-electron chi connectivity index (χ2n) is 9.53. The Balaban J connectivity index is 1.19. The van der Waals surface area contributed by atoms with Crippen LogP contribution in [0.4, 0.5) is 17.2 Å². The highest BCUT2D eigenvalue weighted by atomic mass is 32.1. The van der Waals surface area contributed by atoms with Crippen molar-refractivity contribution in [3.8, 4) is 0 Å². The predicted octanol–water partition coefficient (Wildman–Crippen LogP) is 4.28. The largest absolute Gasteiger partial charge is 0.397 e. The van der Waals surface area contributed by atoms with Crippen LogP contribution < -0.4 is 27.0 Å². The molecule has 4 aromatic rings. The molecule has 1 saturated heterocycles. The van der Waals surface area contributed by atoms with E-state index in [1.165, 1.54) is 11.3 Å². The topological polar surface area (TPSA) is 126 Å². The summed E-state index contributed by atoms with van der Waals surface area (Å²) in [5.41, 5.74) is 14.1. The van der Waals surface area contributed by atoms with Gasteiger partial charge in [-0.15, -0.1) is 11.3 Å². The standard InChI is InChI=1S/C28H32N6O2S/c1-2-5-19-15-22(33-28-24(19)25(29)26(37-28)27(30)36)34-12-10-20(11-13-34)31-16-23(35)32-21-9-8-17-6-3-4-7-18(17)14-21/h3-4,6-9,14-15,20,31H,2,5,10-13,16,29H2,1H3,(H2,30,36)(H,32,35). The Labute approximate surface area is 220 Å². The second-order valence-corrected chi connectivity index (χ2v) is 10.5. The summed E-state index contributed by atoms with van der Waals surface area (Å²) in [7, 11) is 0. The van der Waals surface area contributed by atoms with Crippen LogP contribution in [0.2, 0.25) is 0 Å². The molecule has 0 bridgehead atoms. The first-order valence-corrected chi connectivity index (χ1v) is 13.5. The second kappa shape index (κ2) is 10.7. The number of hydrogen-bond acceptors (Lipinski definition) is 7. The van der Waals surface area contributed by atoms with Crippen molar-refractivity contribution in [3.63, 3.8) is 0 Å². The first kappa shape index (κ1) is 25.0. The third-order valence-electron chi connectivity index (χ3n) is 6.91. The molecular weight excluding hydrogens is 484 g/mol. The van der Waals surface area contributed by atoms with Crippen LogP contribution in [0.25, 0.3) is 21.0 Å². The van der Waals surface area contributed by atoms with Crippen LogP contribution in [0.5, 0.6) is 0 Å². The summed E-state index contributed by atoms with van der Waals surface area (Å²) in [5, 5.41) is 9.52. The molecule has 1 fully saturated rings. The fourth-order valence-corrected chi connectivity index (χ4v) is 6.01. The summed E-state index contributed by atoms with van der Waals surface area (Å²) in [6, 6.07) is 16.4. The SMILES string of the molecule is CCCc1cc(N2CCC(NCC(=O)Nc3ccc4ccccc4c3)CC2)nc2sc(C(N)=O)c(N)c12. The van der Waals surface area contributed by atoms with E-state index in [1.54, 1.807) is 0 Å². The van der Waals surface area contributed by atoms with Gasteiger partial charge in [0.05, 0.1) is 12.2 Å². The fourth-order valence-electron chi connectivity index (χ4n) is 5.02. The number of rotatable bonds is 8. The molecular formula is C28H32N6O2S. The Morgan fingerprint density at radius 3 is 2.59 bits per heavy atom. The Morgan fingerprint density at radius 2 is 1.86 bits per heavy atom. The van der Waals surface area contributed by atoms with E-state index in [4.69, 9.17) is 16.5 Å². The van der Waals surface area contributed by atoms with Crippen molar-refractivity contribution < 1.29 is 9.59 Å². The molecule has 192 valence electrons. The fraction of sp³-hybridized carbons (Fsp3) is 0.321. The number of anilines is 3. The van der Waals surface area contributed by atoms with Crippen molar-refractivity contribution >= 4 is 61.3 Å². The first-order valence-electron chi connectivity index (χ1n) is 12.7. The van der Waals surface area contributed by atoms with E-state index in [0.29, 0.717) is 10.6 Å². The zero-order valence-corrected chi connectivity index (χ0v) is 21.7. The predicted molar refractivity (Wildman–Crippen MR) is 152 cm³/mol. The molecule has 9 heteroatoms. The zero-order chi connectivity index (χ0) is 25.9. The smallest absolute Gasteiger partial charge is 0.260 e. The average molecular weight is 517 g/mol. The molecule has 0 spiro atoms. The number of nitrogens with zero attached hydrogens (tertiary/aromatic N) is 2. The number of piperidine rings is 1. The molecule has 3 heterocycles. The van der Waals surface area contributed by atoms with Crippen molar-refractivity contribution in [2.75, 3.05) is 35.6 Å². The number of amides is 2. The molecule has 0 unspecified atom stereocenters. The van der Waals surface area contributed by atoms with E-state index in [9.17, 15) is 9.59 Å². The highest BCUT2D eigenvalue weighted by Crippen LogP contribution is 2.37. The summed E-state index contributed by atoms with van der Waals surface area (Å²) in [6.07, 6.45) is 3.64. The number of carbonyl (C=O) groups excluding carboxylic acids is 2. The van der Waals surface area contributed by atoms with E-state index in [2.05, 4.69) is 34.6 Å². The van der Waals surface area contributed by atoms with Gasteiger partial charge in [0.25, 0.3) is 5.91 Å². The van der Waals surface area contributed by atoms with Crippen LogP contribution in [0, 0.1) is 0 Å². The molecule has 8 nitrogen and oxygen atoms in total. The van der Waals surface area contributed by atoms with E-state index >= 15 is 0 Å². The minimum absolute atomic E-state index is 0.0467. The Bertz CT molecular complexity index is 1460. The number of fused-ring (bicyclic) bond motifs is 2. The molecule has 0 saturated carbocycles. The van der Waals surface area contributed by atoms with Crippen LogP contribution in [0.15, 0.2) is 48.5 Å². The summed E-state index contributed by atoms with van der Waals surface area (Å²) < 4.78 is 0. The monoisotopic (exact) mass is 516 g/mol. The van der Waals surface area contributed by atoms with Gasteiger partial charge in [0.2, 0.25) is 5.91 Å². The van der Waals surface area contributed by atoms with Crippen molar-refractivity contribution in [3.05, 3.63) is 59.0 Å².